The first-order valence-corrected chi connectivity index (χ1v) is 7.06. The van der Waals surface area contributed by atoms with Crippen molar-refractivity contribution in [2.75, 3.05) is 6.61 Å². The zero-order valence-corrected chi connectivity index (χ0v) is 13.4. The summed E-state index contributed by atoms with van der Waals surface area (Å²) in [6.45, 7) is 5.40. The quantitative estimate of drug-likeness (QED) is 0.809. The highest BCUT2D eigenvalue weighted by Gasteiger charge is 2.29. The number of carbonyl (C=O) groups excluding carboxylic acids is 1. The Bertz CT molecular complexity index is 479. The fourth-order valence-electron chi connectivity index (χ4n) is 1.31. The molecular formula is C14H17IN2O2. The smallest absolute Gasteiger partial charge is 0.259 e. The zero-order valence-electron chi connectivity index (χ0n) is 11.2. The van der Waals surface area contributed by atoms with Gasteiger partial charge >= 0.3 is 0 Å². The summed E-state index contributed by atoms with van der Waals surface area (Å²) < 4.78 is 6.47. The summed E-state index contributed by atoms with van der Waals surface area (Å²) in [5, 5.41) is 11.8. The van der Waals surface area contributed by atoms with Gasteiger partial charge in [-0.1, -0.05) is 13.8 Å². The van der Waals surface area contributed by atoms with Crippen molar-refractivity contribution in [2.24, 2.45) is 5.92 Å². The Morgan fingerprint density at radius 1 is 1.47 bits per heavy atom. The van der Waals surface area contributed by atoms with E-state index >= 15 is 0 Å². The summed E-state index contributed by atoms with van der Waals surface area (Å²) in [6, 6.07) is 9.55. The number of nitrogens with one attached hydrogen (secondary N) is 1. The van der Waals surface area contributed by atoms with Crippen LogP contribution in [0.5, 0.6) is 5.75 Å². The minimum Gasteiger partial charge on any atom is -0.484 e. The van der Waals surface area contributed by atoms with Crippen molar-refractivity contribution in [3.05, 3.63) is 27.8 Å². The summed E-state index contributed by atoms with van der Waals surface area (Å²) in [5.74, 6) is 0.370. The van der Waals surface area contributed by atoms with Crippen LogP contribution in [-0.2, 0) is 4.79 Å². The molecule has 0 unspecified atom stereocenters. The Morgan fingerprint density at radius 2 is 2.05 bits per heavy atom. The molecular weight excluding hydrogens is 355 g/mol. The van der Waals surface area contributed by atoms with Gasteiger partial charge in [-0.3, -0.25) is 4.79 Å². The highest BCUT2D eigenvalue weighted by atomic mass is 127. The van der Waals surface area contributed by atoms with E-state index in [1.54, 1.807) is 19.1 Å². The van der Waals surface area contributed by atoms with Crippen molar-refractivity contribution in [3.63, 3.8) is 0 Å². The number of hydrogen-bond acceptors (Lipinski definition) is 3. The van der Waals surface area contributed by atoms with E-state index in [0.717, 1.165) is 3.57 Å². The number of hydrogen-bond donors (Lipinski definition) is 1. The number of nitrogens with zero attached hydrogens (tertiary/aromatic N) is 1. The molecule has 19 heavy (non-hydrogen) atoms. The van der Waals surface area contributed by atoms with Gasteiger partial charge in [0.1, 0.15) is 11.3 Å². The fraction of sp³-hybridized carbons (Fsp3) is 0.429. The molecule has 0 spiro atoms. The Hall–Kier alpha value is -1.29. The molecule has 1 aromatic rings. The lowest BCUT2D eigenvalue weighted by Crippen LogP contribution is -2.50. The van der Waals surface area contributed by atoms with Crippen LogP contribution in [0.15, 0.2) is 24.3 Å². The highest BCUT2D eigenvalue weighted by molar-refractivity contribution is 14.1. The standard InChI is InChI=1S/C14H17IN2O2/c1-10(2)14(3,9-16)17-13(18)8-19-12-6-4-11(15)5-7-12/h4-7,10H,8H2,1-3H3,(H,17,18)/t14-/m1/s1. The predicted octanol–water partition coefficient (Wildman–Crippen LogP) is 2.72. The molecule has 1 atom stereocenters. The van der Waals surface area contributed by atoms with Crippen LogP contribution in [0.2, 0.25) is 0 Å². The van der Waals surface area contributed by atoms with Crippen LogP contribution in [0, 0.1) is 20.8 Å². The molecule has 0 aromatic heterocycles. The first-order chi connectivity index (χ1) is 8.87. The Balaban J connectivity index is 2.53. The van der Waals surface area contributed by atoms with Gasteiger partial charge in [0.15, 0.2) is 6.61 Å². The molecule has 0 aliphatic carbocycles. The monoisotopic (exact) mass is 372 g/mol. The Kier molecular flexibility index (Phi) is 5.60. The SMILES string of the molecule is CC(C)[C@@](C)(C#N)NC(=O)COc1ccc(I)cc1. The lowest BCUT2D eigenvalue weighted by atomic mass is 9.90. The third-order valence-electron chi connectivity index (χ3n) is 2.97. The van der Waals surface area contributed by atoms with Crippen LogP contribution >= 0.6 is 22.6 Å². The van der Waals surface area contributed by atoms with Crippen LogP contribution in [0.3, 0.4) is 0 Å². The summed E-state index contributed by atoms with van der Waals surface area (Å²) in [4.78, 5) is 11.8. The number of carbonyl (C=O) groups is 1. The van der Waals surface area contributed by atoms with Crippen LogP contribution in [0.25, 0.3) is 0 Å². The van der Waals surface area contributed by atoms with Crippen molar-refractivity contribution in [1.29, 1.82) is 5.26 Å². The van der Waals surface area contributed by atoms with Crippen molar-refractivity contribution >= 4 is 28.5 Å². The molecule has 0 fully saturated rings. The first kappa shape index (κ1) is 15.8. The third kappa shape index (κ3) is 4.71. The minimum absolute atomic E-state index is 0.0275. The molecule has 0 bridgehead atoms. The van der Waals surface area contributed by atoms with E-state index in [0.29, 0.717) is 5.75 Å². The van der Waals surface area contributed by atoms with E-state index in [4.69, 9.17) is 10.00 Å². The molecule has 4 nitrogen and oxygen atoms in total. The highest BCUT2D eigenvalue weighted by Crippen LogP contribution is 2.16. The number of amides is 1. The van der Waals surface area contributed by atoms with Gasteiger partial charge in [-0.25, -0.2) is 0 Å². The number of rotatable bonds is 5. The normalized spacial score (nSPS) is 13.5. The maximum Gasteiger partial charge on any atom is 0.259 e. The molecule has 1 N–H and O–H groups in total. The van der Waals surface area contributed by atoms with Crippen LogP contribution < -0.4 is 10.1 Å². The second kappa shape index (κ2) is 6.75. The van der Waals surface area contributed by atoms with E-state index in [1.165, 1.54) is 0 Å². The first-order valence-electron chi connectivity index (χ1n) is 5.98. The average Bonchev–Trinajstić information content (AvgIpc) is 2.37. The number of ether oxygens (including phenoxy) is 1. The van der Waals surface area contributed by atoms with E-state index < -0.39 is 5.54 Å². The van der Waals surface area contributed by atoms with E-state index in [-0.39, 0.29) is 18.4 Å². The van der Waals surface area contributed by atoms with Gasteiger partial charge in [-0.15, -0.1) is 0 Å². The maximum absolute atomic E-state index is 11.8. The topological polar surface area (TPSA) is 62.1 Å². The fourth-order valence-corrected chi connectivity index (χ4v) is 1.67. The molecule has 5 heteroatoms. The predicted molar refractivity (Wildman–Crippen MR) is 81.7 cm³/mol. The molecule has 0 heterocycles. The summed E-state index contributed by atoms with van der Waals surface area (Å²) in [5.41, 5.74) is -0.869. The van der Waals surface area contributed by atoms with Gasteiger partial charge in [0.25, 0.3) is 5.91 Å². The lowest BCUT2D eigenvalue weighted by molar-refractivity contribution is -0.124. The van der Waals surface area contributed by atoms with Crippen LogP contribution in [0.1, 0.15) is 20.8 Å². The van der Waals surface area contributed by atoms with Gasteiger partial charge in [0, 0.05) is 3.57 Å². The number of benzene rings is 1. The third-order valence-corrected chi connectivity index (χ3v) is 3.69. The molecule has 0 aliphatic heterocycles. The number of halogens is 1. The number of nitriles is 1. The molecule has 1 aromatic carbocycles. The van der Waals surface area contributed by atoms with Crippen molar-refractivity contribution < 1.29 is 9.53 Å². The zero-order chi connectivity index (χ0) is 14.5. The second-order valence-electron chi connectivity index (χ2n) is 4.76. The maximum atomic E-state index is 11.8. The van der Waals surface area contributed by atoms with Crippen LogP contribution in [-0.4, -0.2) is 18.1 Å². The molecule has 0 radical (unpaired) electrons. The van der Waals surface area contributed by atoms with E-state index in [1.807, 2.05) is 26.0 Å². The van der Waals surface area contributed by atoms with E-state index in [2.05, 4.69) is 34.0 Å². The van der Waals surface area contributed by atoms with Crippen molar-refractivity contribution in [3.8, 4) is 11.8 Å². The minimum atomic E-state index is -0.869. The summed E-state index contributed by atoms with van der Waals surface area (Å²) in [6.07, 6.45) is 0. The molecule has 0 saturated carbocycles. The largest absolute Gasteiger partial charge is 0.484 e. The summed E-state index contributed by atoms with van der Waals surface area (Å²) in [7, 11) is 0. The molecule has 1 rings (SSSR count). The van der Waals surface area contributed by atoms with Gasteiger partial charge in [-0.2, -0.15) is 5.26 Å². The van der Waals surface area contributed by atoms with Gasteiger partial charge in [0.05, 0.1) is 6.07 Å². The Morgan fingerprint density at radius 3 is 2.53 bits per heavy atom. The Labute approximate surface area is 127 Å². The van der Waals surface area contributed by atoms with E-state index in [9.17, 15) is 4.79 Å². The molecule has 0 saturated heterocycles. The average molecular weight is 372 g/mol. The van der Waals surface area contributed by atoms with Crippen molar-refractivity contribution in [2.45, 2.75) is 26.3 Å². The van der Waals surface area contributed by atoms with Gasteiger partial charge < -0.3 is 10.1 Å². The van der Waals surface area contributed by atoms with Crippen LogP contribution in [0.4, 0.5) is 0 Å². The molecule has 1 amide bonds. The van der Waals surface area contributed by atoms with Gasteiger partial charge in [-0.05, 0) is 59.7 Å². The summed E-state index contributed by atoms with van der Waals surface area (Å²) >= 11 is 2.20. The van der Waals surface area contributed by atoms with Crippen molar-refractivity contribution in [1.82, 2.24) is 5.32 Å². The molecule has 0 aliphatic rings. The molecule has 102 valence electrons. The second-order valence-corrected chi connectivity index (χ2v) is 6.01. The van der Waals surface area contributed by atoms with Gasteiger partial charge in [0.2, 0.25) is 0 Å². The lowest BCUT2D eigenvalue weighted by Gasteiger charge is -2.27.